The number of thiophene rings is 1. The van der Waals surface area contributed by atoms with Crippen LogP contribution in [0.1, 0.15) is 23.2 Å². The molecule has 0 spiro atoms. The summed E-state index contributed by atoms with van der Waals surface area (Å²) in [5.41, 5.74) is 0.749. The SMILES string of the molecule is C/C=C/C=C/C(=O)OCc1nc2sc(C)c(C)c2c(=O)[nH]1. The Balaban J connectivity index is 2.17. The molecule has 0 aromatic carbocycles. The van der Waals surface area contributed by atoms with Gasteiger partial charge in [0, 0.05) is 11.0 Å². The van der Waals surface area contributed by atoms with E-state index in [2.05, 4.69) is 9.97 Å². The van der Waals surface area contributed by atoms with E-state index in [1.165, 1.54) is 17.4 Å². The standard InChI is InChI=1S/C15H16N2O3S/c1-4-5-6-7-12(18)20-8-11-16-14(19)13-9(2)10(3)21-15(13)17-11/h4-7H,8H2,1-3H3,(H,16,17,19)/b5-4+,7-6+. The predicted octanol–water partition coefficient (Wildman–Crippen LogP) is 2.78. The van der Waals surface area contributed by atoms with Crippen LogP contribution in [0.15, 0.2) is 29.1 Å². The highest BCUT2D eigenvalue weighted by Gasteiger charge is 2.12. The van der Waals surface area contributed by atoms with Crippen molar-refractivity contribution in [3.05, 3.63) is 50.9 Å². The van der Waals surface area contributed by atoms with Gasteiger partial charge >= 0.3 is 5.97 Å². The number of hydrogen-bond acceptors (Lipinski definition) is 5. The highest BCUT2D eigenvalue weighted by molar-refractivity contribution is 7.18. The number of ether oxygens (including phenoxy) is 1. The lowest BCUT2D eigenvalue weighted by Gasteiger charge is -2.01. The summed E-state index contributed by atoms with van der Waals surface area (Å²) in [6, 6.07) is 0. The highest BCUT2D eigenvalue weighted by atomic mass is 32.1. The van der Waals surface area contributed by atoms with Gasteiger partial charge in [-0.1, -0.05) is 18.2 Å². The molecule has 0 radical (unpaired) electrons. The molecule has 0 saturated carbocycles. The minimum atomic E-state index is -0.477. The van der Waals surface area contributed by atoms with Gasteiger partial charge in [-0.3, -0.25) is 4.79 Å². The quantitative estimate of drug-likeness (QED) is 0.535. The second-order valence-electron chi connectivity index (χ2n) is 4.47. The molecule has 2 heterocycles. The van der Waals surface area contributed by atoms with Crippen molar-refractivity contribution in [3.8, 4) is 0 Å². The molecule has 5 nitrogen and oxygen atoms in total. The van der Waals surface area contributed by atoms with Crippen LogP contribution in [-0.2, 0) is 16.1 Å². The Bertz CT molecular complexity index is 784. The van der Waals surface area contributed by atoms with Crippen LogP contribution in [0.2, 0.25) is 0 Å². The fraction of sp³-hybridized carbons (Fsp3) is 0.267. The number of aromatic nitrogens is 2. The number of hydrogen-bond donors (Lipinski definition) is 1. The number of H-pyrrole nitrogens is 1. The van der Waals surface area contributed by atoms with Crippen LogP contribution in [-0.4, -0.2) is 15.9 Å². The molecule has 2 aromatic heterocycles. The Morgan fingerprint density at radius 3 is 2.86 bits per heavy atom. The third-order valence-electron chi connectivity index (χ3n) is 2.98. The fourth-order valence-electron chi connectivity index (χ4n) is 1.80. The summed E-state index contributed by atoms with van der Waals surface area (Å²) in [5.74, 6) is -0.129. The predicted molar refractivity (Wildman–Crippen MR) is 83.5 cm³/mol. The van der Waals surface area contributed by atoms with Crippen LogP contribution in [0.5, 0.6) is 0 Å². The molecule has 1 N–H and O–H groups in total. The third kappa shape index (κ3) is 3.46. The number of rotatable bonds is 4. The molecule has 21 heavy (non-hydrogen) atoms. The topological polar surface area (TPSA) is 72.0 Å². The summed E-state index contributed by atoms with van der Waals surface area (Å²) < 4.78 is 5.03. The van der Waals surface area contributed by atoms with Crippen molar-refractivity contribution in [2.45, 2.75) is 27.4 Å². The second kappa shape index (κ2) is 6.49. The van der Waals surface area contributed by atoms with Crippen LogP contribution >= 0.6 is 11.3 Å². The minimum Gasteiger partial charge on any atom is -0.454 e. The molecule has 0 amide bonds. The van der Waals surface area contributed by atoms with Gasteiger partial charge in [0.1, 0.15) is 17.3 Å². The minimum absolute atomic E-state index is 0.0554. The monoisotopic (exact) mass is 304 g/mol. The lowest BCUT2D eigenvalue weighted by Crippen LogP contribution is -2.13. The lowest BCUT2D eigenvalue weighted by molar-refractivity contribution is -0.139. The largest absolute Gasteiger partial charge is 0.454 e. The highest BCUT2D eigenvalue weighted by Crippen LogP contribution is 2.25. The lowest BCUT2D eigenvalue weighted by atomic mass is 10.2. The number of nitrogens with zero attached hydrogens (tertiary/aromatic N) is 1. The van der Waals surface area contributed by atoms with Gasteiger partial charge < -0.3 is 9.72 Å². The molecule has 2 rings (SSSR count). The maximum atomic E-state index is 12.0. The molecule has 110 valence electrons. The van der Waals surface area contributed by atoms with Crippen molar-refractivity contribution >= 4 is 27.5 Å². The maximum absolute atomic E-state index is 12.0. The molecule has 0 saturated heterocycles. The fourth-order valence-corrected chi connectivity index (χ4v) is 2.85. The number of aryl methyl sites for hydroxylation is 2. The average molecular weight is 304 g/mol. The summed E-state index contributed by atoms with van der Waals surface area (Å²) in [7, 11) is 0. The summed E-state index contributed by atoms with van der Waals surface area (Å²) >= 11 is 1.46. The summed E-state index contributed by atoms with van der Waals surface area (Å²) in [4.78, 5) is 32.2. The number of carbonyl (C=O) groups excluding carboxylic acids is 1. The smallest absolute Gasteiger partial charge is 0.331 e. The molecular formula is C15H16N2O3S. The van der Waals surface area contributed by atoms with Gasteiger partial charge in [-0.25, -0.2) is 9.78 Å². The number of aromatic amines is 1. The van der Waals surface area contributed by atoms with Crippen molar-refractivity contribution in [1.29, 1.82) is 0 Å². The molecule has 0 fully saturated rings. The average Bonchev–Trinajstić information content (AvgIpc) is 2.72. The first-order chi connectivity index (χ1) is 10.0. The van der Waals surface area contributed by atoms with Gasteiger partial charge in [0.25, 0.3) is 5.56 Å². The van der Waals surface area contributed by atoms with Crippen molar-refractivity contribution in [2.75, 3.05) is 0 Å². The number of esters is 1. The number of carbonyl (C=O) groups is 1. The first kappa shape index (κ1) is 15.2. The Morgan fingerprint density at radius 1 is 1.38 bits per heavy atom. The van der Waals surface area contributed by atoms with E-state index in [9.17, 15) is 9.59 Å². The number of fused-ring (bicyclic) bond motifs is 1. The Hall–Kier alpha value is -2.21. The van der Waals surface area contributed by atoms with Crippen LogP contribution < -0.4 is 5.56 Å². The van der Waals surface area contributed by atoms with Gasteiger partial charge in [-0.2, -0.15) is 0 Å². The molecular weight excluding hydrogens is 288 g/mol. The Labute approximate surface area is 126 Å². The van der Waals surface area contributed by atoms with Gasteiger partial charge in [-0.05, 0) is 26.3 Å². The molecule has 6 heteroatoms. The van der Waals surface area contributed by atoms with Crippen LogP contribution in [0.4, 0.5) is 0 Å². The molecule has 0 atom stereocenters. The van der Waals surface area contributed by atoms with Crippen molar-refractivity contribution in [3.63, 3.8) is 0 Å². The summed E-state index contributed by atoms with van der Waals surface area (Å²) in [6.45, 7) is 5.65. The van der Waals surface area contributed by atoms with E-state index in [1.807, 2.05) is 20.8 Å². The van der Waals surface area contributed by atoms with E-state index in [1.54, 1.807) is 18.2 Å². The number of nitrogens with one attached hydrogen (secondary N) is 1. The van der Waals surface area contributed by atoms with Gasteiger partial charge in [0.05, 0.1) is 5.39 Å². The van der Waals surface area contributed by atoms with Crippen molar-refractivity contribution in [1.82, 2.24) is 9.97 Å². The zero-order valence-electron chi connectivity index (χ0n) is 12.1. The van der Waals surface area contributed by atoms with Gasteiger partial charge in [0.15, 0.2) is 0 Å². The van der Waals surface area contributed by atoms with Crippen molar-refractivity contribution in [2.24, 2.45) is 0 Å². The zero-order valence-corrected chi connectivity index (χ0v) is 12.9. The zero-order chi connectivity index (χ0) is 15.4. The third-order valence-corrected chi connectivity index (χ3v) is 4.08. The molecule has 2 aromatic rings. The van der Waals surface area contributed by atoms with E-state index in [0.29, 0.717) is 16.0 Å². The summed E-state index contributed by atoms with van der Waals surface area (Å²) in [6.07, 6.45) is 6.44. The van der Waals surface area contributed by atoms with Crippen LogP contribution in [0, 0.1) is 13.8 Å². The summed E-state index contributed by atoms with van der Waals surface area (Å²) in [5, 5.41) is 0.612. The molecule has 0 aliphatic carbocycles. The first-order valence-electron chi connectivity index (χ1n) is 6.48. The Morgan fingerprint density at radius 2 is 2.14 bits per heavy atom. The van der Waals surface area contributed by atoms with Gasteiger partial charge in [-0.15, -0.1) is 11.3 Å². The number of allylic oxidation sites excluding steroid dienone is 3. The first-order valence-corrected chi connectivity index (χ1v) is 7.29. The Kier molecular flexibility index (Phi) is 4.70. The second-order valence-corrected chi connectivity index (χ2v) is 5.67. The molecule has 0 aliphatic rings. The van der Waals surface area contributed by atoms with E-state index >= 15 is 0 Å². The molecule has 0 unspecified atom stereocenters. The van der Waals surface area contributed by atoms with Crippen LogP contribution in [0.25, 0.3) is 10.2 Å². The van der Waals surface area contributed by atoms with E-state index < -0.39 is 5.97 Å². The van der Waals surface area contributed by atoms with Crippen LogP contribution in [0.3, 0.4) is 0 Å². The van der Waals surface area contributed by atoms with Crippen molar-refractivity contribution < 1.29 is 9.53 Å². The van der Waals surface area contributed by atoms with E-state index in [-0.39, 0.29) is 12.2 Å². The van der Waals surface area contributed by atoms with E-state index in [4.69, 9.17) is 4.74 Å². The maximum Gasteiger partial charge on any atom is 0.331 e. The molecule has 0 aliphatic heterocycles. The van der Waals surface area contributed by atoms with Gasteiger partial charge in [0.2, 0.25) is 0 Å². The van der Waals surface area contributed by atoms with E-state index in [0.717, 1.165) is 10.4 Å². The molecule has 0 bridgehead atoms. The normalized spacial score (nSPS) is 11.8.